The first-order valence-corrected chi connectivity index (χ1v) is 5.32. The minimum Gasteiger partial charge on any atom is -0.394 e. The minimum absolute atomic E-state index is 0.0265. The Hall–Kier alpha value is -0.120. The summed E-state index contributed by atoms with van der Waals surface area (Å²) in [4.78, 5) is 0. The predicted molar refractivity (Wildman–Crippen MR) is 54.8 cm³/mol. The molecule has 78 valence electrons. The standard InChI is InChI=1S/C10H22N2O/c1-3-5-12-10(8-13)4-6-11-7-9(10)2/h9,11-13H,3-8H2,1-2H3. The molecule has 0 bridgehead atoms. The van der Waals surface area contributed by atoms with E-state index in [0.29, 0.717) is 5.92 Å². The second-order valence-corrected chi connectivity index (χ2v) is 4.10. The molecule has 1 rings (SSSR count). The van der Waals surface area contributed by atoms with Crippen LogP contribution in [0, 0.1) is 5.92 Å². The lowest BCUT2D eigenvalue weighted by atomic mass is 9.80. The van der Waals surface area contributed by atoms with E-state index in [4.69, 9.17) is 0 Å². The molecule has 2 atom stereocenters. The molecule has 0 spiro atoms. The van der Waals surface area contributed by atoms with Crippen LogP contribution in [-0.4, -0.2) is 36.9 Å². The van der Waals surface area contributed by atoms with Crippen LogP contribution in [0.2, 0.25) is 0 Å². The van der Waals surface area contributed by atoms with Crippen molar-refractivity contribution in [3.05, 3.63) is 0 Å². The smallest absolute Gasteiger partial charge is 0.0616 e. The third-order valence-corrected chi connectivity index (χ3v) is 3.15. The maximum absolute atomic E-state index is 9.45. The Bertz CT molecular complexity index is 152. The third kappa shape index (κ3) is 2.42. The van der Waals surface area contributed by atoms with Crippen molar-refractivity contribution < 1.29 is 5.11 Å². The zero-order valence-corrected chi connectivity index (χ0v) is 8.77. The van der Waals surface area contributed by atoms with E-state index in [1.54, 1.807) is 0 Å². The van der Waals surface area contributed by atoms with Gasteiger partial charge >= 0.3 is 0 Å². The van der Waals surface area contributed by atoms with E-state index in [0.717, 1.165) is 32.5 Å². The second kappa shape index (κ2) is 4.94. The van der Waals surface area contributed by atoms with Gasteiger partial charge in [0.05, 0.1) is 6.61 Å². The quantitative estimate of drug-likeness (QED) is 0.593. The van der Waals surface area contributed by atoms with Crippen molar-refractivity contribution in [1.29, 1.82) is 0 Å². The molecule has 1 aliphatic heterocycles. The highest BCUT2D eigenvalue weighted by Gasteiger charge is 2.36. The summed E-state index contributed by atoms with van der Waals surface area (Å²) >= 11 is 0. The number of piperidine rings is 1. The van der Waals surface area contributed by atoms with E-state index >= 15 is 0 Å². The maximum Gasteiger partial charge on any atom is 0.0616 e. The molecule has 0 aromatic carbocycles. The Morgan fingerprint density at radius 2 is 2.38 bits per heavy atom. The molecule has 0 aliphatic carbocycles. The van der Waals surface area contributed by atoms with Crippen molar-refractivity contribution >= 4 is 0 Å². The molecule has 1 aliphatic rings. The van der Waals surface area contributed by atoms with Crippen LogP contribution in [0.25, 0.3) is 0 Å². The third-order valence-electron chi connectivity index (χ3n) is 3.15. The van der Waals surface area contributed by atoms with Crippen molar-refractivity contribution in [1.82, 2.24) is 10.6 Å². The summed E-state index contributed by atoms with van der Waals surface area (Å²) in [5.74, 6) is 0.512. The zero-order chi connectivity index (χ0) is 9.73. The second-order valence-electron chi connectivity index (χ2n) is 4.10. The zero-order valence-electron chi connectivity index (χ0n) is 8.77. The van der Waals surface area contributed by atoms with Crippen molar-refractivity contribution in [3.8, 4) is 0 Å². The summed E-state index contributed by atoms with van der Waals surface area (Å²) in [6.07, 6.45) is 2.16. The number of hydrogen-bond donors (Lipinski definition) is 3. The average molecular weight is 186 g/mol. The largest absolute Gasteiger partial charge is 0.394 e. The molecular formula is C10H22N2O. The van der Waals surface area contributed by atoms with Gasteiger partial charge in [0.15, 0.2) is 0 Å². The molecule has 3 nitrogen and oxygen atoms in total. The van der Waals surface area contributed by atoms with Gasteiger partial charge in [-0.15, -0.1) is 0 Å². The summed E-state index contributed by atoms with van der Waals surface area (Å²) in [5, 5.41) is 16.3. The van der Waals surface area contributed by atoms with Crippen LogP contribution < -0.4 is 10.6 Å². The molecule has 1 saturated heterocycles. The monoisotopic (exact) mass is 186 g/mol. The molecule has 0 radical (unpaired) electrons. The van der Waals surface area contributed by atoms with E-state index in [1.165, 1.54) is 0 Å². The van der Waals surface area contributed by atoms with Crippen LogP contribution in [0.3, 0.4) is 0 Å². The number of aliphatic hydroxyl groups is 1. The first kappa shape index (κ1) is 11.0. The lowest BCUT2D eigenvalue weighted by Gasteiger charge is -2.42. The molecule has 0 aromatic rings. The topological polar surface area (TPSA) is 44.3 Å². The van der Waals surface area contributed by atoms with Gasteiger partial charge in [-0.3, -0.25) is 0 Å². The molecule has 1 fully saturated rings. The lowest BCUT2D eigenvalue weighted by molar-refractivity contribution is 0.0833. The fourth-order valence-corrected chi connectivity index (χ4v) is 2.00. The average Bonchev–Trinajstić information content (AvgIpc) is 2.17. The molecule has 0 saturated carbocycles. The Morgan fingerprint density at radius 3 is 2.92 bits per heavy atom. The Morgan fingerprint density at radius 1 is 1.62 bits per heavy atom. The SMILES string of the molecule is CCCNC1(CO)CCNCC1C. The van der Waals surface area contributed by atoms with Gasteiger partial charge < -0.3 is 15.7 Å². The highest BCUT2D eigenvalue weighted by atomic mass is 16.3. The summed E-state index contributed by atoms with van der Waals surface area (Å²) in [7, 11) is 0. The normalized spacial score (nSPS) is 34.8. The van der Waals surface area contributed by atoms with E-state index in [2.05, 4.69) is 24.5 Å². The summed E-state index contributed by atoms with van der Waals surface area (Å²) in [6, 6.07) is 0. The molecule has 1 heterocycles. The Kier molecular flexibility index (Phi) is 4.16. The first-order valence-electron chi connectivity index (χ1n) is 5.32. The minimum atomic E-state index is -0.0265. The van der Waals surface area contributed by atoms with Gasteiger partial charge in [-0.25, -0.2) is 0 Å². The molecule has 3 N–H and O–H groups in total. The summed E-state index contributed by atoms with van der Waals surface area (Å²) in [6.45, 7) is 7.65. The highest BCUT2D eigenvalue weighted by molar-refractivity contribution is 4.96. The van der Waals surface area contributed by atoms with E-state index in [1.807, 2.05) is 0 Å². The molecule has 2 unspecified atom stereocenters. The van der Waals surface area contributed by atoms with E-state index in [-0.39, 0.29) is 12.1 Å². The van der Waals surface area contributed by atoms with E-state index in [9.17, 15) is 5.11 Å². The molecule has 3 heteroatoms. The van der Waals surface area contributed by atoms with Crippen molar-refractivity contribution in [2.24, 2.45) is 5.92 Å². The first-order chi connectivity index (χ1) is 6.25. The molecule has 0 aromatic heterocycles. The van der Waals surface area contributed by atoms with Crippen LogP contribution >= 0.6 is 0 Å². The van der Waals surface area contributed by atoms with Crippen LogP contribution in [0.4, 0.5) is 0 Å². The van der Waals surface area contributed by atoms with Crippen LogP contribution in [0.1, 0.15) is 26.7 Å². The Labute approximate surface area is 80.9 Å². The number of aliphatic hydroxyl groups excluding tert-OH is 1. The van der Waals surface area contributed by atoms with Crippen molar-refractivity contribution in [2.45, 2.75) is 32.2 Å². The fourth-order valence-electron chi connectivity index (χ4n) is 2.00. The predicted octanol–water partition coefficient (Wildman–Crippen LogP) is 0.346. The van der Waals surface area contributed by atoms with Gasteiger partial charge in [0.1, 0.15) is 0 Å². The van der Waals surface area contributed by atoms with Crippen LogP contribution in [0.5, 0.6) is 0 Å². The van der Waals surface area contributed by atoms with Gasteiger partial charge in [-0.2, -0.15) is 0 Å². The van der Waals surface area contributed by atoms with Crippen molar-refractivity contribution in [3.63, 3.8) is 0 Å². The van der Waals surface area contributed by atoms with Crippen LogP contribution in [0.15, 0.2) is 0 Å². The number of hydrogen-bond acceptors (Lipinski definition) is 3. The van der Waals surface area contributed by atoms with Gasteiger partial charge in [-0.1, -0.05) is 13.8 Å². The number of nitrogens with one attached hydrogen (secondary N) is 2. The maximum atomic E-state index is 9.45. The van der Waals surface area contributed by atoms with Gasteiger partial charge in [0.25, 0.3) is 0 Å². The highest BCUT2D eigenvalue weighted by Crippen LogP contribution is 2.23. The Balaban J connectivity index is 2.53. The summed E-state index contributed by atoms with van der Waals surface area (Å²) in [5.41, 5.74) is -0.0265. The van der Waals surface area contributed by atoms with Crippen molar-refractivity contribution in [2.75, 3.05) is 26.2 Å². The molecular weight excluding hydrogens is 164 g/mol. The number of rotatable bonds is 4. The molecule has 0 amide bonds. The van der Waals surface area contributed by atoms with Gasteiger partial charge in [0, 0.05) is 5.54 Å². The molecule has 13 heavy (non-hydrogen) atoms. The van der Waals surface area contributed by atoms with E-state index < -0.39 is 0 Å². The lowest BCUT2D eigenvalue weighted by Crippen LogP contribution is -2.60. The van der Waals surface area contributed by atoms with Crippen LogP contribution in [-0.2, 0) is 0 Å². The van der Waals surface area contributed by atoms with Gasteiger partial charge in [0.2, 0.25) is 0 Å². The fraction of sp³-hybridized carbons (Fsp3) is 1.00. The summed E-state index contributed by atoms with van der Waals surface area (Å²) < 4.78 is 0. The van der Waals surface area contributed by atoms with Gasteiger partial charge in [-0.05, 0) is 38.4 Å².